The molecule has 0 spiro atoms. The average molecular weight is 144 g/mol. The summed E-state index contributed by atoms with van der Waals surface area (Å²) in [7, 11) is 0. The Labute approximate surface area is 65.1 Å². The van der Waals surface area contributed by atoms with E-state index >= 15 is 0 Å². The van der Waals surface area contributed by atoms with E-state index in [1.165, 1.54) is 20.3 Å². The number of allylic oxidation sites excluding steroid dienone is 1. The van der Waals surface area contributed by atoms with Gasteiger partial charge < -0.3 is 4.79 Å². The van der Waals surface area contributed by atoms with Gasteiger partial charge in [0.2, 0.25) is 0 Å². The summed E-state index contributed by atoms with van der Waals surface area (Å²) >= 11 is 0. The molecule has 0 N–H and O–H groups in total. The summed E-state index contributed by atoms with van der Waals surface area (Å²) in [6, 6.07) is 0. The molecule has 0 aliphatic heterocycles. The quantitative estimate of drug-likeness (QED) is 0.477. The number of carbonyl (C=O) groups is 1. The molecule has 0 fully saturated rings. The summed E-state index contributed by atoms with van der Waals surface area (Å²) in [6.45, 7) is 12.6. The molecule has 0 amide bonds. The van der Waals surface area contributed by atoms with Gasteiger partial charge in [0.15, 0.2) is 0 Å². The lowest BCUT2D eigenvalue weighted by Crippen LogP contribution is -1.69. The molecule has 0 rings (SSSR count). The predicted octanol–water partition coefficient (Wildman–Crippen LogP) is 3.20. The van der Waals surface area contributed by atoms with E-state index in [1.807, 2.05) is 6.92 Å². The Bertz CT molecular complexity index is 61.1. The van der Waals surface area contributed by atoms with Crippen LogP contribution >= 0.6 is 0 Å². The predicted molar refractivity (Wildman–Crippen MR) is 48.2 cm³/mol. The van der Waals surface area contributed by atoms with Crippen molar-refractivity contribution in [2.45, 2.75) is 41.0 Å². The van der Waals surface area contributed by atoms with Crippen LogP contribution in [0.3, 0.4) is 0 Å². The van der Waals surface area contributed by atoms with Crippen LogP contribution in [0.2, 0.25) is 0 Å². The summed E-state index contributed by atoms with van der Waals surface area (Å²) in [5.41, 5.74) is 0. The molecule has 0 saturated heterocycles. The highest BCUT2D eigenvalue weighted by atomic mass is 16.1. The van der Waals surface area contributed by atoms with Crippen LogP contribution in [-0.4, -0.2) is 5.78 Å². The van der Waals surface area contributed by atoms with Crippen molar-refractivity contribution in [2.24, 2.45) is 0 Å². The van der Waals surface area contributed by atoms with E-state index in [9.17, 15) is 4.79 Å². The fourth-order valence-corrected chi connectivity index (χ4v) is 0. The zero-order valence-electron chi connectivity index (χ0n) is 7.90. The SMILES string of the molecule is C=CC.CC(C)=O.CCC. The smallest absolute Gasteiger partial charge is 0.126 e. The number of Topliss-reactive ketones (excluding diaryl/α,β-unsaturated/α-hetero) is 1. The highest BCUT2D eigenvalue weighted by Crippen LogP contribution is 1.56. The normalized spacial score (nSPS) is 5.70. The molecule has 0 aromatic heterocycles. The molecule has 1 nitrogen and oxygen atoms in total. The average Bonchev–Trinajstić information content (AvgIpc) is 1.65. The van der Waals surface area contributed by atoms with E-state index in [2.05, 4.69) is 20.4 Å². The Morgan fingerprint density at radius 3 is 1.40 bits per heavy atom. The highest BCUT2D eigenvalue weighted by Gasteiger charge is 1.62. The molecule has 0 aliphatic carbocycles. The first kappa shape index (κ1) is 16.2. The molecule has 0 radical (unpaired) electrons. The van der Waals surface area contributed by atoms with Crippen molar-refractivity contribution in [1.29, 1.82) is 0 Å². The molecule has 62 valence electrons. The van der Waals surface area contributed by atoms with Crippen LogP contribution in [0, 0.1) is 0 Å². The van der Waals surface area contributed by atoms with Crippen molar-refractivity contribution in [3.63, 3.8) is 0 Å². The van der Waals surface area contributed by atoms with E-state index in [1.54, 1.807) is 6.08 Å². The van der Waals surface area contributed by atoms with Gasteiger partial charge >= 0.3 is 0 Å². The lowest BCUT2D eigenvalue weighted by Gasteiger charge is -1.56. The number of ketones is 1. The summed E-state index contributed by atoms with van der Waals surface area (Å²) in [5.74, 6) is 0.167. The zero-order valence-corrected chi connectivity index (χ0v) is 7.90. The standard InChI is InChI=1S/C3H6O.C3H8.C3H6/c1-3(2)4;2*1-3-2/h1-2H3;3H2,1-2H3;3H,1H2,2H3. The summed E-state index contributed by atoms with van der Waals surface area (Å²) in [5, 5.41) is 0. The fraction of sp³-hybridized carbons (Fsp3) is 0.667. The van der Waals surface area contributed by atoms with Crippen LogP contribution in [0.5, 0.6) is 0 Å². The van der Waals surface area contributed by atoms with Gasteiger partial charge in [0.05, 0.1) is 0 Å². The molecular formula is C9H20O. The van der Waals surface area contributed by atoms with Crippen molar-refractivity contribution >= 4 is 5.78 Å². The van der Waals surface area contributed by atoms with Crippen molar-refractivity contribution < 1.29 is 4.79 Å². The summed E-state index contributed by atoms with van der Waals surface area (Å²) in [6.07, 6.45) is 3.00. The zero-order chi connectivity index (χ0) is 8.99. The minimum absolute atomic E-state index is 0.167. The maximum absolute atomic E-state index is 9.44. The van der Waals surface area contributed by atoms with E-state index in [-0.39, 0.29) is 5.78 Å². The first-order chi connectivity index (χ1) is 4.56. The number of hydrogen-bond acceptors (Lipinski definition) is 1. The largest absolute Gasteiger partial charge is 0.300 e. The van der Waals surface area contributed by atoms with Gasteiger partial charge in [0, 0.05) is 0 Å². The van der Waals surface area contributed by atoms with Crippen LogP contribution in [-0.2, 0) is 4.79 Å². The minimum atomic E-state index is 0.167. The Balaban J connectivity index is -0.0000000750. The van der Waals surface area contributed by atoms with Gasteiger partial charge in [-0.05, 0) is 20.8 Å². The van der Waals surface area contributed by atoms with Gasteiger partial charge in [-0.3, -0.25) is 0 Å². The molecule has 1 heteroatoms. The van der Waals surface area contributed by atoms with E-state index < -0.39 is 0 Å². The van der Waals surface area contributed by atoms with E-state index in [4.69, 9.17) is 0 Å². The van der Waals surface area contributed by atoms with Crippen molar-refractivity contribution in [1.82, 2.24) is 0 Å². The number of rotatable bonds is 0. The third kappa shape index (κ3) is 875. The fourth-order valence-electron chi connectivity index (χ4n) is 0. The van der Waals surface area contributed by atoms with Gasteiger partial charge in [-0.1, -0.05) is 26.3 Å². The number of hydrogen-bond donors (Lipinski definition) is 0. The molecule has 0 bridgehead atoms. The lowest BCUT2D eigenvalue weighted by atomic mass is 10.6. The van der Waals surface area contributed by atoms with Crippen LogP contribution < -0.4 is 0 Å². The van der Waals surface area contributed by atoms with Crippen LogP contribution in [0.1, 0.15) is 41.0 Å². The third-order valence-electron chi connectivity index (χ3n) is 0. The molecular weight excluding hydrogens is 124 g/mol. The van der Waals surface area contributed by atoms with Crippen LogP contribution in [0.25, 0.3) is 0 Å². The molecule has 0 aliphatic rings. The number of carbonyl (C=O) groups excluding carboxylic acids is 1. The van der Waals surface area contributed by atoms with E-state index in [0.29, 0.717) is 0 Å². The molecule has 0 unspecified atom stereocenters. The topological polar surface area (TPSA) is 17.1 Å². The van der Waals surface area contributed by atoms with Gasteiger partial charge in [-0.15, -0.1) is 6.58 Å². The lowest BCUT2D eigenvalue weighted by molar-refractivity contribution is -0.114. The molecule has 0 heterocycles. The van der Waals surface area contributed by atoms with Gasteiger partial charge in [0.1, 0.15) is 5.78 Å². The Kier molecular flexibility index (Phi) is 38.5. The molecule has 0 saturated carbocycles. The summed E-state index contributed by atoms with van der Waals surface area (Å²) < 4.78 is 0. The molecule has 0 aromatic rings. The maximum Gasteiger partial charge on any atom is 0.126 e. The minimum Gasteiger partial charge on any atom is -0.300 e. The Morgan fingerprint density at radius 2 is 1.40 bits per heavy atom. The van der Waals surface area contributed by atoms with Crippen LogP contribution in [0.15, 0.2) is 12.7 Å². The first-order valence-corrected chi connectivity index (χ1v) is 3.60. The molecule has 0 aromatic carbocycles. The Hall–Kier alpha value is -0.590. The van der Waals surface area contributed by atoms with Crippen molar-refractivity contribution in [3.05, 3.63) is 12.7 Å². The first-order valence-electron chi connectivity index (χ1n) is 3.60. The molecule has 10 heavy (non-hydrogen) atoms. The Morgan fingerprint density at radius 1 is 1.40 bits per heavy atom. The monoisotopic (exact) mass is 144 g/mol. The van der Waals surface area contributed by atoms with Gasteiger partial charge in [0.25, 0.3) is 0 Å². The highest BCUT2D eigenvalue weighted by molar-refractivity contribution is 5.72. The summed E-state index contributed by atoms with van der Waals surface area (Å²) in [4.78, 5) is 9.44. The molecule has 0 atom stereocenters. The van der Waals surface area contributed by atoms with E-state index in [0.717, 1.165) is 0 Å². The van der Waals surface area contributed by atoms with Crippen molar-refractivity contribution in [3.8, 4) is 0 Å². The second-order valence-electron chi connectivity index (χ2n) is 2.02. The second kappa shape index (κ2) is 23.7. The maximum atomic E-state index is 9.44. The van der Waals surface area contributed by atoms with Gasteiger partial charge in [-0.25, -0.2) is 0 Å². The van der Waals surface area contributed by atoms with Crippen molar-refractivity contribution in [2.75, 3.05) is 0 Å². The van der Waals surface area contributed by atoms with Crippen LogP contribution in [0.4, 0.5) is 0 Å². The second-order valence-corrected chi connectivity index (χ2v) is 2.02. The van der Waals surface area contributed by atoms with Gasteiger partial charge in [-0.2, -0.15) is 0 Å². The third-order valence-corrected chi connectivity index (χ3v) is 0.